The molecule has 4 heteroatoms. The molecule has 0 unspecified atom stereocenters. The molecular weight excluding hydrogens is 219 g/mol. The van der Waals surface area contributed by atoms with E-state index in [9.17, 15) is 9.18 Å². The Hall–Kier alpha value is -1.58. The number of rotatable bonds is 3. The highest BCUT2D eigenvalue weighted by molar-refractivity contribution is 5.89. The molecule has 0 aromatic heterocycles. The molecule has 0 bridgehead atoms. The predicted octanol–water partition coefficient (Wildman–Crippen LogP) is 3.48. The number of carbonyl (C=O) groups excluding carboxylic acids is 1. The van der Waals surface area contributed by atoms with Gasteiger partial charge in [0.25, 0.3) is 0 Å². The van der Waals surface area contributed by atoms with Crippen molar-refractivity contribution in [2.45, 2.75) is 39.8 Å². The van der Waals surface area contributed by atoms with E-state index >= 15 is 0 Å². The molecule has 0 radical (unpaired) electrons. The minimum atomic E-state index is -0.312. The summed E-state index contributed by atoms with van der Waals surface area (Å²) in [6, 6.07) is 5.82. The molecule has 94 valence electrons. The number of hydrogen-bond acceptors (Lipinski definition) is 1. The summed E-state index contributed by atoms with van der Waals surface area (Å²) >= 11 is 0. The summed E-state index contributed by atoms with van der Waals surface area (Å²) in [7, 11) is 0. The van der Waals surface area contributed by atoms with Crippen molar-refractivity contribution in [3.63, 3.8) is 0 Å². The highest BCUT2D eigenvalue weighted by Crippen LogP contribution is 2.12. The first-order valence-corrected chi connectivity index (χ1v) is 5.76. The number of hydrogen-bond donors (Lipinski definition) is 1. The fraction of sp³-hybridized carbons (Fsp3) is 0.462. The van der Waals surface area contributed by atoms with Gasteiger partial charge in [0.05, 0.1) is 0 Å². The zero-order valence-electron chi connectivity index (χ0n) is 10.7. The van der Waals surface area contributed by atoms with E-state index in [1.807, 2.05) is 27.7 Å². The van der Waals surface area contributed by atoms with E-state index in [0.717, 1.165) is 0 Å². The lowest BCUT2D eigenvalue weighted by Gasteiger charge is -2.30. The van der Waals surface area contributed by atoms with Gasteiger partial charge in [0, 0.05) is 17.8 Å². The van der Waals surface area contributed by atoms with Crippen LogP contribution in [0.2, 0.25) is 0 Å². The summed E-state index contributed by atoms with van der Waals surface area (Å²) in [5, 5.41) is 2.75. The Bertz CT molecular complexity index is 366. The second-order valence-corrected chi connectivity index (χ2v) is 4.53. The van der Waals surface area contributed by atoms with Gasteiger partial charge in [0.2, 0.25) is 0 Å². The number of carbonyl (C=O) groups is 1. The Kier molecular flexibility index (Phi) is 4.49. The van der Waals surface area contributed by atoms with Gasteiger partial charge in [0.15, 0.2) is 0 Å². The lowest BCUT2D eigenvalue weighted by atomic mass is 10.2. The molecule has 0 fully saturated rings. The Morgan fingerprint density at radius 2 is 1.59 bits per heavy atom. The largest absolute Gasteiger partial charge is 0.322 e. The predicted molar refractivity (Wildman–Crippen MR) is 67.5 cm³/mol. The van der Waals surface area contributed by atoms with Crippen LogP contribution in [-0.4, -0.2) is 23.0 Å². The van der Waals surface area contributed by atoms with Crippen LogP contribution in [0, 0.1) is 5.82 Å². The third-order valence-corrected chi connectivity index (χ3v) is 2.44. The number of urea groups is 1. The number of nitrogens with one attached hydrogen (secondary N) is 1. The first kappa shape index (κ1) is 13.5. The summed E-state index contributed by atoms with van der Waals surface area (Å²) < 4.78 is 12.7. The number of benzene rings is 1. The van der Waals surface area contributed by atoms with Gasteiger partial charge in [-0.25, -0.2) is 9.18 Å². The molecule has 1 aromatic rings. The van der Waals surface area contributed by atoms with Crippen LogP contribution in [0.15, 0.2) is 24.3 Å². The molecule has 0 aliphatic carbocycles. The van der Waals surface area contributed by atoms with Crippen molar-refractivity contribution in [1.82, 2.24) is 4.90 Å². The van der Waals surface area contributed by atoms with Crippen LogP contribution < -0.4 is 5.32 Å². The number of halogens is 1. The number of nitrogens with zero attached hydrogens (tertiary/aromatic N) is 1. The lowest BCUT2D eigenvalue weighted by molar-refractivity contribution is 0.178. The van der Waals surface area contributed by atoms with Crippen LogP contribution >= 0.6 is 0 Å². The Morgan fingerprint density at radius 1 is 1.12 bits per heavy atom. The van der Waals surface area contributed by atoms with E-state index in [2.05, 4.69) is 5.32 Å². The van der Waals surface area contributed by atoms with E-state index in [-0.39, 0.29) is 23.9 Å². The van der Waals surface area contributed by atoms with Crippen LogP contribution in [0.4, 0.5) is 14.9 Å². The molecule has 1 N–H and O–H groups in total. The van der Waals surface area contributed by atoms with Gasteiger partial charge < -0.3 is 10.2 Å². The summed E-state index contributed by atoms with van der Waals surface area (Å²) in [4.78, 5) is 13.7. The molecule has 0 atom stereocenters. The highest BCUT2D eigenvalue weighted by Gasteiger charge is 2.19. The average Bonchev–Trinajstić information content (AvgIpc) is 2.20. The zero-order valence-corrected chi connectivity index (χ0v) is 10.7. The summed E-state index contributed by atoms with van der Waals surface area (Å²) in [6.07, 6.45) is 0. The second kappa shape index (κ2) is 5.66. The Morgan fingerprint density at radius 3 is 2.00 bits per heavy atom. The minimum absolute atomic E-state index is 0.121. The van der Waals surface area contributed by atoms with Crippen molar-refractivity contribution >= 4 is 11.7 Å². The monoisotopic (exact) mass is 238 g/mol. The van der Waals surface area contributed by atoms with Crippen LogP contribution in [0.5, 0.6) is 0 Å². The van der Waals surface area contributed by atoms with E-state index in [4.69, 9.17) is 0 Å². The zero-order chi connectivity index (χ0) is 13.0. The molecule has 1 aromatic carbocycles. The maximum Gasteiger partial charge on any atom is 0.322 e. The van der Waals surface area contributed by atoms with Crippen LogP contribution in [-0.2, 0) is 0 Å². The summed E-state index contributed by atoms with van der Waals surface area (Å²) in [5.74, 6) is -0.312. The first-order chi connectivity index (χ1) is 7.91. The first-order valence-electron chi connectivity index (χ1n) is 5.76. The second-order valence-electron chi connectivity index (χ2n) is 4.53. The summed E-state index contributed by atoms with van der Waals surface area (Å²) in [6.45, 7) is 7.85. The fourth-order valence-corrected chi connectivity index (χ4v) is 1.79. The maximum atomic E-state index is 12.7. The molecule has 1 rings (SSSR count). The number of amides is 2. The third kappa shape index (κ3) is 3.73. The smallest absolute Gasteiger partial charge is 0.320 e. The molecule has 0 saturated heterocycles. The summed E-state index contributed by atoms with van der Waals surface area (Å²) in [5.41, 5.74) is 0.600. The molecule has 0 aliphatic rings. The van der Waals surface area contributed by atoms with E-state index in [1.165, 1.54) is 12.1 Å². The number of anilines is 1. The molecule has 0 saturated carbocycles. The normalized spacial score (nSPS) is 10.8. The SMILES string of the molecule is CC(C)N(C(=O)Nc1ccc(F)cc1)C(C)C. The molecule has 2 amide bonds. The van der Waals surface area contributed by atoms with Crippen LogP contribution in [0.1, 0.15) is 27.7 Å². The topological polar surface area (TPSA) is 32.3 Å². The van der Waals surface area contributed by atoms with Gasteiger partial charge in [0.1, 0.15) is 5.82 Å². The maximum absolute atomic E-state index is 12.7. The average molecular weight is 238 g/mol. The van der Waals surface area contributed by atoms with Gasteiger partial charge >= 0.3 is 6.03 Å². The van der Waals surface area contributed by atoms with Crippen molar-refractivity contribution in [3.05, 3.63) is 30.1 Å². The third-order valence-electron chi connectivity index (χ3n) is 2.44. The highest BCUT2D eigenvalue weighted by atomic mass is 19.1. The molecular formula is C13H19FN2O. The van der Waals surface area contributed by atoms with Gasteiger partial charge in [-0.15, -0.1) is 0 Å². The quantitative estimate of drug-likeness (QED) is 0.859. The van der Waals surface area contributed by atoms with Crippen molar-refractivity contribution < 1.29 is 9.18 Å². The van der Waals surface area contributed by atoms with E-state index in [0.29, 0.717) is 5.69 Å². The molecule has 0 aliphatic heterocycles. The van der Waals surface area contributed by atoms with Crippen molar-refractivity contribution in [2.24, 2.45) is 0 Å². The van der Waals surface area contributed by atoms with Crippen molar-refractivity contribution in [1.29, 1.82) is 0 Å². The lowest BCUT2D eigenvalue weighted by Crippen LogP contribution is -2.44. The van der Waals surface area contributed by atoms with Crippen LogP contribution in [0.3, 0.4) is 0 Å². The van der Waals surface area contributed by atoms with Crippen molar-refractivity contribution in [3.8, 4) is 0 Å². The molecule has 17 heavy (non-hydrogen) atoms. The fourth-order valence-electron chi connectivity index (χ4n) is 1.79. The van der Waals surface area contributed by atoms with Gasteiger partial charge in [-0.05, 0) is 52.0 Å². The van der Waals surface area contributed by atoms with E-state index in [1.54, 1.807) is 17.0 Å². The Labute approximate surface area is 102 Å². The Balaban J connectivity index is 2.73. The molecule has 3 nitrogen and oxygen atoms in total. The molecule has 0 heterocycles. The van der Waals surface area contributed by atoms with Gasteiger partial charge in [-0.1, -0.05) is 0 Å². The molecule has 0 spiro atoms. The van der Waals surface area contributed by atoms with Crippen molar-refractivity contribution in [2.75, 3.05) is 5.32 Å². The van der Waals surface area contributed by atoms with Gasteiger partial charge in [-0.2, -0.15) is 0 Å². The standard InChI is InChI=1S/C13H19FN2O/c1-9(2)16(10(3)4)13(17)15-12-7-5-11(14)6-8-12/h5-10H,1-4H3,(H,15,17). The van der Waals surface area contributed by atoms with Crippen LogP contribution in [0.25, 0.3) is 0 Å². The van der Waals surface area contributed by atoms with Gasteiger partial charge in [-0.3, -0.25) is 0 Å². The minimum Gasteiger partial charge on any atom is -0.320 e. The van der Waals surface area contributed by atoms with E-state index < -0.39 is 0 Å².